The second kappa shape index (κ2) is 5.90. The van der Waals surface area contributed by atoms with Gasteiger partial charge in [0.05, 0.1) is 0 Å². The molecular formula is C11H22S. The van der Waals surface area contributed by atoms with Crippen LogP contribution in [0, 0.1) is 0 Å². The summed E-state index contributed by atoms with van der Waals surface area (Å²) in [7, 11) is 0. The van der Waals surface area contributed by atoms with Crippen molar-refractivity contribution >= 4 is 11.8 Å². The van der Waals surface area contributed by atoms with Crippen molar-refractivity contribution in [2.24, 2.45) is 0 Å². The van der Waals surface area contributed by atoms with Crippen LogP contribution in [-0.2, 0) is 0 Å². The van der Waals surface area contributed by atoms with Gasteiger partial charge in [0.2, 0.25) is 0 Å². The summed E-state index contributed by atoms with van der Waals surface area (Å²) in [6, 6.07) is 0. The van der Waals surface area contributed by atoms with Gasteiger partial charge in [-0.25, -0.2) is 0 Å². The fourth-order valence-corrected chi connectivity index (χ4v) is 3.26. The Balaban J connectivity index is 2.20. The van der Waals surface area contributed by atoms with E-state index in [1.54, 1.807) is 0 Å². The third kappa shape index (κ3) is 3.84. The number of hydrogen-bond donors (Lipinski definition) is 0. The van der Waals surface area contributed by atoms with E-state index in [1.807, 2.05) is 0 Å². The van der Waals surface area contributed by atoms with Crippen molar-refractivity contribution in [1.29, 1.82) is 0 Å². The second-order valence-electron chi connectivity index (χ2n) is 3.97. The molecule has 0 aromatic rings. The Morgan fingerprint density at radius 2 is 1.75 bits per heavy atom. The molecule has 1 atom stereocenters. The lowest BCUT2D eigenvalue weighted by Gasteiger charge is -2.17. The Kier molecular flexibility index (Phi) is 5.13. The van der Waals surface area contributed by atoms with Crippen molar-refractivity contribution < 1.29 is 0 Å². The molecular weight excluding hydrogens is 164 g/mol. The van der Waals surface area contributed by atoms with Crippen LogP contribution in [0.5, 0.6) is 0 Å². The van der Waals surface area contributed by atoms with Gasteiger partial charge in [-0.1, -0.05) is 39.5 Å². The molecule has 0 saturated heterocycles. The van der Waals surface area contributed by atoms with Gasteiger partial charge < -0.3 is 0 Å². The van der Waals surface area contributed by atoms with E-state index in [9.17, 15) is 0 Å². The van der Waals surface area contributed by atoms with Gasteiger partial charge in [-0.15, -0.1) is 0 Å². The Hall–Kier alpha value is 0.350. The van der Waals surface area contributed by atoms with Crippen LogP contribution in [0.3, 0.4) is 0 Å². The molecule has 0 aromatic carbocycles. The fourth-order valence-electron chi connectivity index (χ4n) is 1.80. The van der Waals surface area contributed by atoms with E-state index in [1.165, 1.54) is 44.9 Å². The van der Waals surface area contributed by atoms with Gasteiger partial charge in [0.25, 0.3) is 0 Å². The smallest absolute Gasteiger partial charge is 0.00497 e. The summed E-state index contributed by atoms with van der Waals surface area (Å²) in [6.45, 7) is 4.67. The summed E-state index contributed by atoms with van der Waals surface area (Å²) in [6.07, 6.45) is 10.2. The molecule has 1 saturated carbocycles. The highest BCUT2D eigenvalue weighted by Crippen LogP contribution is 2.30. The minimum Gasteiger partial charge on any atom is -0.155 e. The first-order valence-corrected chi connectivity index (χ1v) is 6.42. The van der Waals surface area contributed by atoms with E-state index in [4.69, 9.17) is 0 Å². The molecule has 0 spiro atoms. The average Bonchev–Trinajstić information content (AvgIpc) is 2.33. The van der Waals surface area contributed by atoms with Crippen LogP contribution in [0.1, 0.15) is 58.8 Å². The molecule has 1 fully saturated rings. The molecule has 0 amide bonds. The van der Waals surface area contributed by atoms with Gasteiger partial charge in [-0.2, -0.15) is 11.8 Å². The van der Waals surface area contributed by atoms with Crippen LogP contribution in [-0.4, -0.2) is 10.5 Å². The zero-order chi connectivity index (χ0) is 8.81. The highest BCUT2D eigenvalue weighted by atomic mass is 32.2. The lowest BCUT2D eigenvalue weighted by molar-refractivity contribution is 0.702. The van der Waals surface area contributed by atoms with E-state index >= 15 is 0 Å². The molecule has 0 bridgehead atoms. The van der Waals surface area contributed by atoms with Gasteiger partial charge in [-0.3, -0.25) is 0 Å². The van der Waals surface area contributed by atoms with Crippen molar-refractivity contribution in [3.8, 4) is 0 Å². The van der Waals surface area contributed by atoms with Crippen LogP contribution in [0.2, 0.25) is 0 Å². The first-order chi connectivity index (χ1) is 5.83. The monoisotopic (exact) mass is 186 g/mol. The lowest BCUT2D eigenvalue weighted by Crippen LogP contribution is -2.06. The molecule has 0 nitrogen and oxygen atoms in total. The first-order valence-electron chi connectivity index (χ1n) is 5.48. The molecule has 1 heteroatoms. The maximum Gasteiger partial charge on any atom is 0.00497 e. The van der Waals surface area contributed by atoms with Crippen LogP contribution >= 0.6 is 11.8 Å². The first kappa shape index (κ1) is 10.4. The molecule has 0 radical (unpaired) electrons. The molecule has 0 N–H and O–H groups in total. The van der Waals surface area contributed by atoms with Gasteiger partial charge in [0.15, 0.2) is 0 Å². The number of rotatable bonds is 3. The minimum atomic E-state index is 0.882. The molecule has 0 aliphatic heterocycles. The van der Waals surface area contributed by atoms with Gasteiger partial charge in [0.1, 0.15) is 0 Å². The summed E-state index contributed by atoms with van der Waals surface area (Å²) in [5.74, 6) is 0. The zero-order valence-corrected chi connectivity index (χ0v) is 9.33. The third-order valence-corrected chi connectivity index (χ3v) is 4.46. The Labute approximate surface area is 81.5 Å². The largest absolute Gasteiger partial charge is 0.155 e. The Morgan fingerprint density at radius 3 is 2.25 bits per heavy atom. The summed E-state index contributed by atoms with van der Waals surface area (Å²) < 4.78 is 0. The third-order valence-electron chi connectivity index (χ3n) is 2.80. The van der Waals surface area contributed by atoms with Gasteiger partial charge in [-0.05, 0) is 19.3 Å². The normalized spacial score (nSPS) is 23.5. The Morgan fingerprint density at radius 1 is 1.17 bits per heavy atom. The molecule has 72 valence electrons. The molecule has 12 heavy (non-hydrogen) atoms. The number of hydrogen-bond acceptors (Lipinski definition) is 1. The predicted octanol–water partition coefficient (Wildman–Crippen LogP) is 4.24. The topological polar surface area (TPSA) is 0 Å². The SMILES string of the molecule is CCC(C)SC1CCCCCC1. The van der Waals surface area contributed by atoms with E-state index in [0.29, 0.717) is 0 Å². The maximum absolute atomic E-state index is 2.37. The molecule has 1 aliphatic carbocycles. The number of thioether (sulfide) groups is 1. The highest BCUT2D eigenvalue weighted by Gasteiger charge is 2.14. The van der Waals surface area contributed by atoms with Crippen LogP contribution < -0.4 is 0 Å². The van der Waals surface area contributed by atoms with Crippen molar-refractivity contribution in [3.05, 3.63) is 0 Å². The van der Waals surface area contributed by atoms with E-state index in [-0.39, 0.29) is 0 Å². The van der Waals surface area contributed by atoms with E-state index in [2.05, 4.69) is 25.6 Å². The molecule has 0 heterocycles. The average molecular weight is 186 g/mol. The van der Waals surface area contributed by atoms with Crippen molar-refractivity contribution in [1.82, 2.24) is 0 Å². The van der Waals surface area contributed by atoms with Crippen LogP contribution in [0.4, 0.5) is 0 Å². The highest BCUT2D eigenvalue weighted by molar-refractivity contribution is 8.00. The van der Waals surface area contributed by atoms with Crippen molar-refractivity contribution in [2.45, 2.75) is 69.3 Å². The molecule has 1 rings (SSSR count). The molecule has 1 aliphatic rings. The zero-order valence-electron chi connectivity index (χ0n) is 8.51. The maximum atomic E-state index is 2.37. The minimum absolute atomic E-state index is 0.882. The Bertz CT molecular complexity index is 104. The summed E-state index contributed by atoms with van der Waals surface area (Å²) in [4.78, 5) is 0. The van der Waals surface area contributed by atoms with Gasteiger partial charge in [0, 0.05) is 10.5 Å². The van der Waals surface area contributed by atoms with Gasteiger partial charge >= 0.3 is 0 Å². The van der Waals surface area contributed by atoms with Crippen LogP contribution in [0.25, 0.3) is 0 Å². The van der Waals surface area contributed by atoms with E-state index in [0.717, 1.165) is 10.5 Å². The quantitative estimate of drug-likeness (QED) is 0.594. The summed E-state index contributed by atoms with van der Waals surface area (Å²) >= 11 is 2.23. The van der Waals surface area contributed by atoms with E-state index < -0.39 is 0 Å². The predicted molar refractivity (Wildman–Crippen MR) is 58.8 cm³/mol. The standard InChI is InChI=1S/C11H22S/c1-3-10(2)12-11-8-6-4-5-7-9-11/h10-11H,3-9H2,1-2H3. The molecule has 0 aromatic heterocycles. The molecule has 1 unspecified atom stereocenters. The second-order valence-corrected chi connectivity index (χ2v) is 5.71. The fraction of sp³-hybridized carbons (Fsp3) is 1.00. The van der Waals surface area contributed by atoms with Crippen molar-refractivity contribution in [3.63, 3.8) is 0 Å². The summed E-state index contributed by atoms with van der Waals surface area (Å²) in [5.41, 5.74) is 0. The van der Waals surface area contributed by atoms with Crippen LogP contribution in [0.15, 0.2) is 0 Å². The summed E-state index contributed by atoms with van der Waals surface area (Å²) in [5, 5.41) is 1.87. The van der Waals surface area contributed by atoms with Crippen molar-refractivity contribution in [2.75, 3.05) is 0 Å². The lowest BCUT2D eigenvalue weighted by atomic mass is 10.2.